The molecular weight excluding hydrogens is 349 g/mol. The molecule has 1 fully saturated rings. The van der Waals surface area contributed by atoms with Crippen molar-refractivity contribution >= 4 is 17.4 Å². The van der Waals surface area contributed by atoms with Gasteiger partial charge in [0, 0.05) is 11.9 Å². The monoisotopic (exact) mass is 372 g/mol. The minimum absolute atomic E-state index is 0.105. The van der Waals surface area contributed by atoms with E-state index in [1.54, 1.807) is 22.6 Å². The zero-order valence-corrected chi connectivity index (χ0v) is 14.8. The van der Waals surface area contributed by atoms with Crippen LogP contribution in [0.3, 0.4) is 0 Å². The van der Waals surface area contributed by atoms with Crippen LogP contribution in [0.4, 0.5) is 18.9 Å². The van der Waals surface area contributed by atoms with Gasteiger partial charge in [0.15, 0.2) is 0 Å². The van der Waals surface area contributed by atoms with E-state index < -0.39 is 17.2 Å². The summed E-state index contributed by atoms with van der Waals surface area (Å²) < 4.78 is 45.7. The van der Waals surface area contributed by atoms with Crippen LogP contribution in [-0.2, 0) is 6.18 Å². The molecule has 1 atom stereocenters. The summed E-state index contributed by atoms with van der Waals surface area (Å²) in [4.78, 5) is 1.61. The van der Waals surface area contributed by atoms with Crippen molar-refractivity contribution in [1.29, 1.82) is 0 Å². The summed E-state index contributed by atoms with van der Waals surface area (Å²) in [6.07, 6.45) is 4.08. The molecule has 0 radical (unpaired) electrons. The highest BCUT2D eigenvalue weighted by Gasteiger charge is 2.35. The number of nitrogens with zero attached hydrogens (tertiary/aromatic N) is 1. The van der Waals surface area contributed by atoms with Crippen molar-refractivity contribution in [3.05, 3.63) is 35.4 Å². The molecule has 1 aliphatic carbocycles. The van der Waals surface area contributed by atoms with Crippen molar-refractivity contribution in [2.24, 2.45) is 11.7 Å². The van der Waals surface area contributed by atoms with Crippen molar-refractivity contribution in [1.82, 2.24) is 0 Å². The number of ether oxygens (including phenoxy) is 1. The molecule has 2 N–H and O–H groups in total. The molecule has 3 rings (SSSR count). The van der Waals surface area contributed by atoms with Gasteiger partial charge < -0.3 is 15.4 Å². The summed E-state index contributed by atoms with van der Waals surface area (Å²) in [7, 11) is 0. The fourth-order valence-electron chi connectivity index (χ4n) is 3.44. The van der Waals surface area contributed by atoms with Gasteiger partial charge in [-0.15, -0.1) is 0 Å². The van der Waals surface area contributed by atoms with Crippen molar-refractivity contribution < 1.29 is 17.9 Å². The van der Waals surface area contributed by atoms with E-state index in [0.29, 0.717) is 18.2 Å². The normalized spacial score (nSPS) is 21.3. The third-order valence-electron chi connectivity index (χ3n) is 4.77. The van der Waals surface area contributed by atoms with Gasteiger partial charge in [-0.3, -0.25) is 0 Å². The Morgan fingerprint density at radius 1 is 1.24 bits per heavy atom. The third-order valence-corrected chi connectivity index (χ3v) is 5.55. The minimum Gasteiger partial charge on any atom is -0.493 e. The molecule has 1 saturated carbocycles. The zero-order valence-electron chi connectivity index (χ0n) is 14.0. The van der Waals surface area contributed by atoms with E-state index in [4.69, 9.17) is 10.5 Å². The maximum Gasteiger partial charge on any atom is 0.420 e. The number of hydrogen-bond donors (Lipinski definition) is 1. The second kappa shape index (κ2) is 7.91. The molecule has 0 amide bonds. The van der Waals surface area contributed by atoms with Gasteiger partial charge in [-0.2, -0.15) is 13.2 Å². The predicted octanol–water partition coefficient (Wildman–Crippen LogP) is 5.32. The van der Waals surface area contributed by atoms with E-state index in [-0.39, 0.29) is 5.75 Å². The van der Waals surface area contributed by atoms with Crippen LogP contribution in [0, 0.1) is 5.92 Å². The Bertz CT molecular complexity index is 615. The Balaban J connectivity index is 1.66. The number of nitrogens with two attached hydrogens (primary N) is 1. The van der Waals surface area contributed by atoms with Crippen LogP contribution >= 0.6 is 11.8 Å². The van der Waals surface area contributed by atoms with Gasteiger partial charge in [0.05, 0.1) is 12.2 Å². The van der Waals surface area contributed by atoms with Crippen LogP contribution in [0.1, 0.15) is 44.1 Å². The lowest BCUT2D eigenvalue weighted by Crippen LogP contribution is -2.32. The predicted molar refractivity (Wildman–Crippen MR) is 95.3 cm³/mol. The Morgan fingerprint density at radius 2 is 2.00 bits per heavy atom. The average Bonchev–Trinajstić information content (AvgIpc) is 3.22. The van der Waals surface area contributed by atoms with Crippen molar-refractivity contribution in [3.8, 4) is 5.75 Å². The molecule has 2 aliphatic rings. The minimum atomic E-state index is -4.46. The molecular formula is C18H23F3N2OS. The van der Waals surface area contributed by atoms with Gasteiger partial charge in [0.1, 0.15) is 11.2 Å². The van der Waals surface area contributed by atoms with Gasteiger partial charge >= 0.3 is 6.18 Å². The van der Waals surface area contributed by atoms with Crippen LogP contribution in [0.25, 0.3) is 0 Å². The first kappa shape index (κ1) is 18.5. The quantitative estimate of drug-likeness (QED) is 0.686. The molecule has 7 heteroatoms. The standard InChI is InChI=1S/C18H23F3N2OS/c19-18(20,21)15-12-14(23-9-11-25-17(23)22)7-8-16(15)24-10-3-6-13-4-1-2-5-13/h7-9,11-13,17H,1-6,10,22H2. The number of anilines is 1. The SMILES string of the molecule is NC1SC=CN1c1ccc(OCCCC2CCCC2)c(C(F)(F)F)c1. The number of benzene rings is 1. The number of rotatable bonds is 6. The van der Waals surface area contributed by atoms with Crippen LogP contribution in [0.5, 0.6) is 5.75 Å². The van der Waals surface area contributed by atoms with Gasteiger partial charge in [0.25, 0.3) is 0 Å². The van der Waals surface area contributed by atoms with Gasteiger partial charge in [-0.1, -0.05) is 37.4 Å². The van der Waals surface area contributed by atoms with Crippen molar-refractivity contribution in [3.63, 3.8) is 0 Å². The van der Waals surface area contributed by atoms with E-state index >= 15 is 0 Å². The van der Waals surface area contributed by atoms with Crippen LogP contribution < -0.4 is 15.4 Å². The van der Waals surface area contributed by atoms with E-state index in [2.05, 4.69) is 0 Å². The fraction of sp³-hybridized carbons (Fsp3) is 0.556. The Kier molecular flexibility index (Phi) is 5.84. The van der Waals surface area contributed by atoms with Crippen molar-refractivity contribution in [2.75, 3.05) is 11.5 Å². The van der Waals surface area contributed by atoms with E-state index in [9.17, 15) is 13.2 Å². The molecule has 0 spiro atoms. The molecule has 0 aromatic heterocycles. The van der Waals surface area contributed by atoms with Gasteiger partial charge in [-0.05, 0) is 42.4 Å². The first-order valence-electron chi connectivity index (χ1n) is 8.65. The second-order valence-electron chi connectivity index (χ2n) is 6.54. The largest absolute Gasteiger partial charge is 0.493 e. The maximum atomic E-state index is 13.4. The maximum absolute atomic E-state index is 13.4. The number of thioether (sulfide) groups is 1. The highest BCUT2D eigenvalue weighted by molar-refractivity contribution is 8.03. The lowest BCUT2D eigenvalue weighted by molar-refractivity contribution is -0.138. The summed E-state index contributed by atoms with van der Waals surface area (Å²) in [5.41, 5.74) is 5.15. The highest BCUT2D eigenvalue weighted by atomic mass is 32.2. The molecule has 1 aliphatic heterocycles. The smallest absolute Gasteiger partial charge is 0.420 e. The fourth-order valence-corrected chi connectivity index (χ4v) is 4.13. The molecule has 1 heterocycles. The van der Waals surface area contributed by atoms with Crippen LogP contribution in [0.15, 0.2) is 29.8 Å². The summed E-state index contributed by atoms with van der Waals surface area (Å²) in [6, 6.07) is 4.14. The molecule has 1 aromatic carbocycles. The zero-order chi connectivity index (χ0) is 17.9. The lowest BCUT2D eigenvalue weighted by atomic mass is 10.0. The van der Waals surface area contributed by atoms with Gasteiger partial charge in [-0.25, -0.2) is 0 Å². The summed E-state index contributed by atoms with van der Waals surface area (Å²) in [5, 5.41) is 1.77. The van der Waals surface area contributed by atoms with Crippen LogP contribution in [-0.4, -0.2) is 12.1 Å². The van der Waals surface area contributed by atoms with E-state index in [0.717, 1.165) is 18.9 Å². The topological polar surface area (TPSA) is 38.5 Å². The first-order valence-corrected chi connectivity index (χ1v) is 9.59. The molecule has 0 saturated heterocycles. The molecule has 1 unspecified atom stereocenters. The second-order valence-corrected chi connectivity index (χ2v) is 7.57. The molecule has 1 aromatic rings. The van der Waals surface area contributed by atoms with E-state index in [1.165, 1.54) is 43.5 Å². The molecule has 138 valence electrons. The van der Waals surface area contributed by atoms with Crippen molar-refractivity contribution in [2.45, 2.75) is 50.2 Å². The first-order chi connectivity index (χ1) is 11.9. The van der Waals surface area contributed by atoms with Gasteiger partial charge in [0.2, 0.25) is 0 Å². The van der Waals surface area contributed by atoms with E-state index in [1.807, 2.05) is 0 Å². The van der Waals surface area contributed by atoms with Crippen LogP contribution in [0.2, 0.25) is 0 Å². The third kappa shape index (κ3) is 4.64. The summed E-state index contributed by atoms with van der Waals surface area (Å²) in [5.74, 6) is 0.612. The highest BCUT2D eigenvalue weighted by Crippen LogP contribution is 2.40. The molecule has 0 bridgehead atoms. The number of halogens is 3. The summed E-state index contributed by atoms with van der Waals surface area (Å²) >= 11 is 1.36. The molecule has 25 heavy (non-hydrogen) atoms. The number of alkyl halides is 3. The Labute approximate surface area is 150 Å². The Morgan fingerprint density at radius 3 is 2.64 bits per heavy atom. The Hall–Kier alpha value is -1.34. The lowest BCUT2D eigenvalue weighted by Gasteiger charge is -2.23. The summed E-state index contributed by atoms with van der Waals surface area (Å²) in [6.45, 7) is 0.317. The number of hydrogen-bond acceptors (Lipinski definition) is 4. The molecule has 3 nitrogen and oxygen atoms in total. The average molecular weight is 372 g/mol.